The smallest absolute Gasteiger partial charge is 0.317 e. The Kier molecular flexibility index (Phi) is 7.09. The Hall–Kier alpha value is -4.64. The Balaban J connectivity index is 1.40. The number of aromatic nitrogens is 3. The van der Waals surface area contributed by atoms with Gasteiger partial charge in [0.1, 0.15) is 0 Å². The number of anilines is 2. The van der Waals surface area contributed by atoms with Gasteiger partial charge in [0.05, 0.1) is 26.5 Å². The summed E-state index contributed by atoms with van der Waals surface area (Å²) in [4.78, 5) is 37.1. The molecule has 1 fully saturated rings. The van der Waals surface area contributed by atoms with Crippen molar-refractivity contribution in [3.05, 3.63) is 66.6 Å². The molecule has 2 N–H and O–H groups in total. The van der Waals surface area contributed by atoms with Crippen molar-refractivity contribution in [1.82, 2.24) is 24.2 Å². The topological polar surface area (TPSA) is 122 Å². The number of fused-ring (bicyclic) bond motifs is 1. The van der Waals surface area contributed by atoms with Crippen LogP contribution in [0.1, 0.15) is 10.4 Å². The van der Waals surface area contributed by atoms with Gasteiger partial charge in [-0.25, -0.2) is 9.97 Å². The van der Waals surface area contributed by atoms with Gasteiger partial charge < -0.3 is 29.2 Å². The molecule has 3 heterocycles. The summed E-state index contributed by atoms with van der Waals surface area (Å²) in [5, 5.41) is 12.3. The first kappa shape index (κ1) is 25.0. The lowest BCUT2D eigenvalue weighted by Gasteiger charge is -2.33. The maximum Gasteiger partial charge on any atom is 0.317 e. The highest BCUT2D eigenvalue weighted by Crippen LogP contribution is 2.32. The summed E-state index contributed by atoms with van der Waals surface area (Å²) in [6.45, 7) is 2.01. The lowest BCUT2D eigenvalue weighted by molar-refractivity contribution is -0.138. The first-order valence-electron chi connectivity index (χ1n) is 12.1. The van der Waals surface area contributed by atoms with Gasteiger partial charge in [0.15, 0.2) is 23.0 Å². The predicted octanol–water partition coefficient (Wildman–Crippen LogP) is 3.00. The van der Waals surface area contributed by atoms with Crippen LogP contribution >= 0.6 is 0 Å². The van der Waals surface area contributed by atoms with Crippen LogP contribution in [0, 0.1) is 0 Å². The number of benzene rings is 2. The number of nitrogens with one attached hydrogen (secondary N) is 1. The Morgan fingerprint density at radius 1 is 1.03 bits per heavy atom. The Morgan fingerprint density at radius 2 is 1.82 bits per heavy atom. The minimum absolute atomic E-state index is 0.0143. The van der Waals surface area contributed by atoms with Gasteiger partial charge in [-0.1, -0.05) is 12.1 Å². The molecule has 1 aliphatic heterocycles. The summed E-state index contributed by atoms with van der Waals surface area (Å²) in [5.74, 6) is 0.804. The summed E-state index contributed by atoms with van der Waals surface area (Å²) in [5.41, 5.74) is 3.40. The zero-order chi connectivity index (χ0) is 26.6. The van der Waals surface area contributed by atoms with Crippen molar-refractivity contribution >= 4 is 29.0 Å². The molecule has 0 atom stereocenters. The average Bonchev–Trinajstić information content (AvgIpc) is 3.42. The molecule has 1 aliphatic rings. The van der Waals surface area contributed by atoms with Crippen molar-refractivity contribution in [2.24, 2.45) is 0 Å². The molecule has 0 radical (unpaired) electrons. The number of nitrogens with zero attached hydrogens (tertiary/aromatic N) is 5. The molecule has 38 heavy (non-hydrogen) atoms. The van der Waals surface area contributed by atoms with Crippen LogP contribution in [-0.4, -0.2) is 88.1 Å². The zero-order valence-corrected chi connectivity index (χ0v) is 21.1. The lowest BCUT2D eigenvalue weighted by Crippen LogP contribution is -2.49. The molecule has 11 heteroatoms. The maximum atomic E-state index is 13.2. The zero-order valence-electron chi connectivity index (χ0n) is 21.1. The van der Waals surface area contributed by atoms with Gasteiger partial charge in [-0.2, -0.15) is 0 Å². The molecule has 0 bridgehead atoms. The standard InChI is InChI=1S/C27H28N6O5/c1-37-22-7-6-20(15-23(22)38-2)29-25-26-28-8-9-33(26)16-21(30-25)18-4-3-5-19(14-18)27(36)32-12-10-31(11-13-32)17-24(34)35/h3-9,14-16H,10-13,17H2,1-2H3,(H,29,30)(H,34,35). The third-order valence-corrected chi connectivity index (χ3v) is 6.44. The molecule has 2 aromatic carbocycles. The van der Waals surface area contributed by atoms with Crippen molar-refractivity contribution < 1.29 is 24.2 Å². The largest absolute Gasteiger partial charge is 0.493 e. The van der Waals surface area contributed by atoms with Gasteiger partial charge in [0.25, 0.3) is 5.91 Å². The van der Waals surface area contributed by atoms with Gasteiger partial charge in [0.2, 0.25) is 0 Å². The molecule has 0 aliphatic carbocycles. The van der Waals surface area contributed by atoms with E-state index < -0.39 is 5.97 Å². The third kappa shape index (κ3) is 5.23. The molecule has 0 spiro atoms. The van der Waals surface area contributed by atoms with Crippen LogP contribution in [0.4, 0.5) is 11.5 Å². The van der Waals surface area contributed by atoms with Gasteiger partial charge in [-0.3, -0.25) is 14.5 Å². The highest BCUT2D eigenvalue weighted by atomic mass is 16.5. The number of carboxylic acids is 1. The fourth-order valence-electron chi connectivity index (χ4n) is 4.50. The first-order chi connectivity index (χ1) is 18.4. The van der Waals surface area contributed by atoms with Gasteiger partial charge in [-0.15, -0.1) is 0 Å². The van der Waals surface area contributed by atoms with Crippen LogP contribution in [0.5, 0.6) is 11.5 Å². The van der Waals surface area contributed by atoms with Gasteiger partial charge >= 0.3 is 5.97 Å². The summed E-state index contributed by atoms with van der Waals surface area (Å²) in [7, 11) is 3.17. The SMILES string of the molecule is COc1ccc(Nc2nc(-c3cccc(C(=O)N4CCN(CC(=O)O)CC4)c3)cn3ccnc23)cc1OC. The molecule has 1 saturated heterocycles. The lowest BCUT2D eigenvalue weighted by atomic mass is 10.1. The second-order valence-corrected chi connectivity index (χ2v) is 8.87. The Labute approximate surface area is 219 Å². The van der Waals surface area contributed by atoms with Crippen LogP contribution in [0.2, 0.25) is 0 Å². The number of amides is 1. The number of carboxylic acid groups (broad SMARTS) is 1. The van der Waals surface area contributed by atoms with E-state index in [9.17, 15) is 9.59 Å². The summed E-state index contributed by atoms with van der Waals surface area (Å²) in [6.07, 6.45) is 5.41. The average molecular weight is 517 g/mol. The quantitative estimate of drug-likeness (QED) is 0.364. The van der Waals surface area contributed by atoms with Gasteiger partial charge in [-0.05, 0) is 24.3 Å². The third-order valence-electron chi connectivity index (χ3n) is 6.44. The molecule has 0 unspecified atom stereocenters. The predicted molar refractivity (Wildman–Crippen MR) is 141 cm³/mol. The minimum Gasteiger partial charge on any atom is -0.493 e. The van der Waals surface area contributed by atoms with Crippen molar-refractivity contribution in [2.45, 2.75) is 0 Å². The normalized spacial score (nSPS) is 13.9. The molecule has 2 aromatic heterocycles. The Morgan fingerprint density at radius 3 is 2.55 bits per heavy atom. The van der Waals surface area contributed by atoms with Crippen LogP contribution in [-0.2, 0) is 4.79 Å². The highest BCUT2D eigenvalue weighted by Gasteiger charge is 2.23. The number of hydrogen-bond donors (Lipinski definition) is 2. The second-order valence-electron chi connectivity index (χ2n) is 8.87. The molecule has 11 nitrogen and oxygen atoms in total. The van der Waals surface area contributed by atoms with Crippen LogP contribution < -0.4 is 14.8 Å². The molecule has 5 rings (SSSR count). The number of hydrogen-bond acceptors (Lipinski definition) is 8. The fourth-order valence-corrected chi connectivity index (χ4v) is 4.50. The fraction of sp³-hybridized carbons (Fsp3) is 0.259. The molecular formula is C27H28N6O5. The number of methoxy groups -OCH3 is 2. The summed E-state index contributed by atoms with van der Waals surface area (Å²) in [6, 6.07) is 12.9. The van der Waals surface area contributed by atoms with Crippen LogP contribution in [0.3, 0.4) is 0 Å². The molecule has 4 aromatic rings. The minimum atomic E-state index is -0.861. The monoisotopic (exact) mass is 516 g/mol. The van der Waals surface area contributed by atoms with E-state index in [4.69, 9.17) is 19.6 Å². The van der Waals surface area contributed by atoms with E-state index in [1.54, 1.807) is 31.4 Å². The number of imidazole rings is 1. The van der Waals surface area contributed by atoms with Crippen molar-refractivity contribution in [2.75, 3.05) is 52.3 Å². The number of ether oxygens (including phenoxy) is 2. The number of carbonyl (C=O) groups excluding carboxylic acids is 1. The van der Waals surface area contributed by atoms with E-state index >= 15 is 0 Å². The molecule has 1 amide bonds. The second kappa shape index (κ2) is 10.8. The van der Waals surface area contributed by atoms with E-state index in [1.165, 1.54) is 0 Å². The van der Waals surface area contributed by atoms with Crippen LogP contribution in [0.15, 0.2) is 61.1 Å². The molecule has 196 valence electrons. The first-order valence-corrected chi connectivity index (χ1v) is 12.1. The number of aliphatic carboxylic acids is 1. The van der Waals surface area contributed by atoms with Crippen molar-refractivity contribution in [3.63, 3.8) is 0 Å². The maximum absolute atomic E-state index is 13.2. The number of carbonyl (C=O) groups is 2. The number of piperazine rings is 1. The van der Waals surface area contributed by atoms with E-state index in [0.29, 0.717) is 60.4 Å². The van der Waals surface area contributed by atoms with Crippen molar-refractivity contribution in [3.8, 4) is 22.8 Å². The van der Waals surface area contributed by atoms with Crippen molar-refractivity contribution in [1.29, 1.82) is 0 Å². The molecular weight excluding hydrogens is 488 g/mol. The Bertz CT molecular complexity index is 1480. The van der Waals surface area contributed by atoms with E-state index in [2.05, 4.69) is 10.3 Å². The van der Waals surface area contributed by atoms with Crippen LogP contribution in [0.25, 0.3) is 16.9 Å². The molecule has 0 saturated carbocycles. The number of rotatable bonds is 8. The van der Waals surface area contributed by atoms with Gasteiger partial charge in [0, 0.05) is 67.7 Å². The van der Waals surface area contributed by atoms with E-state index in [0.717, 1.165) is 11.3 Å². The summed E-state index contributed by atoms with van der Waals surface area (Å²) < 4.78 is 12.6. The van der Waals surface area contributed by atoms with E-state index in [-0.39, 0.29) is 12.5 Å². The van der Waals surface area contributed by atoms with E-state index in [1.807, 2.05) is 58.1 Å². The highest BCUT2D eigenvalue weighted by molar-refractivity contribution is 5.95. The summed E-state index contributed by atoms with van der Waals surface area (Å²) >= 11 is 0.